The molecule has 19 nitrogen and oxygen atoms in total. The minimum Gasteiger partial charge on any atom is -0.506 e. The van der Waals surface area contributed by atoms with Gasteiger partial charge in [-0.25, -0.2) is 24.0 Å². The number of carboxylic acid groups (broad SMARTS) is 1. The second-order valence-corrected chi connectivity index (χ2v) is 19.2. The van der Waals surface area contributed by atoms with E-state index >= 15 is 0 Å². The van der Waals surface area contributed by atoms with Crippen molar-refractivity contribution >= 4 is 47.6 Å². The zero-order chi connectivity index (χ0) is 48.2. The van der Waals surface area contributed by atoms with Gasteiger partial charge < -0.3 is 65.8 Å². The number of phenolic OH excluding ortho intramolecular Hbond substituents is 2. The molecule has 0 saturated carbocycles. The Morgan fingerprint density at radius 1 is 0.556 bits per heavy atom. The fourth-order valence-corrected chi connectivity index (χ4v) is 5.90. The maximum absolute atomic E-state index is 13.2. The lowest BCUT2D eigenvalue weighted by Crippen LogP contribution is -2.63. The standard InChI is InChI=1S/C22H33N3O6.C16H28N2O6.C6H7NO/c1-20(2,3)30-18(28)24-22(17(27)23-15-9-7-8-10-16(15)26)11-13-25(14-12-22)19(29)31-21(4,5)6;1-14(2,3)23-12(21)17-16(11(19)20)7-9-18(10-8-16)13(22)24-15(4,5)6;7-5-3-1-2-4-6(5)8/h7-10,26H,11-14H2,1-6H3,(H,23,27)(H,24,28);7-10H2,1-6H3,(H,17,21)(H,19,20);1-4,8H,7H2. The molecule has 2 aromatic rings. The fraction of sp³-hybridized carbons (Fsp3) is 0.591. The topological polar surface area (TPSA) is 269 Å². The smallest absolute Gasteiger partial charge is 0.410 e. The van der Waals surface area contributed by atoms with Crippen LogP contribution in [0.5, 0.6) is 11.5 Å². The highest BCUT2D eigenvalue weighted by Gasteiger charge is 2.46. The second kappa shape index (κ2) is 21.3. The van der Waals surface area contributed by atoms with E-state index in [1.54, 1.807) is 126 Å². The molecule has 2 saturated heterocycles. The van der Waals surface area contributed by atoms with Gasteiger partial charge in [-0.05, 0) is 133 Å². The van der Waals surface area contributed by atoms with Crippen molar-refractivity contribution in [2.75, 3.05) is 37.2 Å². The Kier molecular flexibility index (Phi) is 17.9. The van der Waals surface area contributed by atoms with Crippen LogP contribution >= 0.6 is 0 Å². The third-order valence-electron chi connectivity index (χ3n) is 8.95. The Morgan fingerprint density at radius 3 is 1.24 bits per heavy atom. The van der Waals surface area contributed by atoms with Gasteiger partial charge in [-0.1, -0.05) is 24.3 Å². The predicted octanol–water partition coefficient (Wildman–Crippen LogP) is 6.96. The molecule has 63 heavy (non-hydrogen) atoms. The number of anilines is 2. The van der Waals surface area contributed by atoms with Crippen molar-refractivity contribution in [1.29, 1.82) is 0 Å². The van der Waals surface area contributed by atoms with Crippen molar-refractivity contribution in [3.8, 4) is 11.5 Å². The number of aliphatic carboxylic acids is 1. The van der Waals surface area contributed by atoms with E-state index in [4.69, 9.17) is 29.8 Å². The lowest BCUT2D eigenvalue weighted by Gasteiger charge is -2.41. The van der Waals surface area contributed by atoms with Crippen LogP contribution in [0, 0.1) is 0 Å². The van der Waals surface area contributed by atoms with Gasteiger partial charge in [-0.3, -0.25) is 4.79 Å². The van der Waals surface area contributed by atoms with Crippen molar-refractivity contribution in [2.24, 2.45) is 0 Å². The van der Waals surface area contributed by atoms with Crippen LogP contribution in [-0.4, -0.2) is 121 Å². The molecule has 8 N–H and O–H groups in total. The van der Waals surface area contributed by atoms with E-state index in [-0.39, 0.29) is 69.0 Å². The van der Waals surface area contributed by atoms with E-state index in [1.807, 2.05) is 0 Å². The monoisotopic (exact) mass is 888 g/mol. The van der Waals surface area contributed by atoms with Gasteiger partial charge in [-0.2, -0.15) is 0 Å². The number of benzene rings is 2. The first kappa shape index (κ1) is 53.0. The number of phenols is 2. The minimum atomic E-state index is -1.44. The third-order valence-corrected chi connectivity index (χ3v) is 8.95. The Labute approximate surface area is 369 Å². The van der Waals surface area contributed by atoms with Gasteiger partial charge in [0.2, 0.25) is 5.91 Å². The van der Waals surface area contributed by atoms with Crippen LogP contribution < -0.4 is 21.7 Å². The highest BCUT2D eigenvalue weighted by atomic mass is 16.6. The van der Waals surface area contributed by atoms with E-state index in [0.717, 1.165) is 0 Å². The van der Waals surface area contributed by atoms with E-state index in [0.29, 0.717) is 5.69 Å². The van der Waals surface area contributed by atoms with Crippen molar-refractivity contribution in [3.05, 3.63) is 48.5 Å². The predicted molar refractivity (Wildman–Crippen MR) is 235 cm³/mol. The molecule has 0 spiro atoms. The summed E-state index contributed by atoms with van der Waals surface area (Å²) < 4.78 is 21.2. The van der Waals surface area contributed by atoms with Gasteiger partial charge in [0.15, 0.2) is 0 Å². The number of hydrogen-bond acceptors (Lipinski definition) is 13. The van der Waals surface area contributed by atoms with Crippen LogP contribution in [0.1, 0.15) is 109 Å². The summed E-state index contributed by atoms with van der Waals surface area (Å²) in [4.78, 5) is 76.7. The number of hydrogen-bond donors (Lipinski definition) is 7. The first-order valence-corrected chi connectivity index (χ1v) is 20.6. The van der Waals surface area contributed by atoms with Crippen molar-refractivity contribution in [3.63, 3.8) is 0 Å². The quantitative estimate of drug-likeness (QED) is 0.0909. The summed E-state index contributed by atoms with van der Waals surface area (Å²) in [7, 11) is 0. The zero-order valence-electron chi connectivity index (χ0n) is 38.7. The lowest BCUT2D eigenvalue weighted by molar-refractivity contribution is -0.147. The molecular weight excluding hydrogens is 821 g/mol. The summed E-state index contributed by atoms with van der Waals surface area (Å²) in [6.07, 6.45) is -1.99. The Morgan fingerprint density at radius 2 is 0.905 bits per heavy atom. The highest BCUT2D eigenvalue weighted by Crippen LogP contribution is 2.30. The molecule has 2 aromatic carbocycles. The number of ether oxygens (including phenoxy) is 4. The highest BCUT2D eigenvalue weighted by molar-refractivity contribution is 6.01. The average molecular weight is 889 g/mol. The maximum atomic E-state index is 13.2. The molecule has 0 aromatic heterocycles. The van der Waals surface area contributed by atoms with Gasteiger partial charge in [0.25, 0.3) is 0 Å². The second-order valence-electron chi connectivity index (χ2n) is 19.2. The summed E-state index contributed by atoms with van der Waals surface area (Å²) >= 11 is 0. The van der Waals surface area contributed by atoms with Crippen LogP contribution in [0.15, 0.2) is 48.5 Å². The molecule has 2 aliphatic rings. The van der Waals surface area contributed by atoms with Gasteiger partial charge in [0.05, 0.1) is 11.4 Å². The summed E-state index contributed by atoms with van der Waals surface area (Å²) in [5.41, 5.74) is 0.448. The summed E-state index contributed by atoms with van der Waals surface area (Å²) in [5.74, 6) is -1.58. The first-order valence-electron chi connectivity index (χ1n) is 20.6. The first-order chi connectivity index (χ1) is 28.8. The van der Waals surface area contributed by atoms with Crippen LogP contribution in [0.3, 0.4) is 0 Å². The number of nitrogens with two attached hydrogens (primary N) is 1. The van der Waals surface area contributed by atoms with E-state index in [9.17, 15) is 39.0 Å². The molecule has 0 aliphatic carbocycles. The number of likely N-dealkylation sites (tertiary alicyclic amines) is 2. The largest absolute Gasteiger partial charge is 0.506 e. The van der Waals surface area contributed by atoms with Crippen molar-refractivity contribution in [2.45, 2.75) is 142 Å². The van der Waals surface area contributed by atoms with Gasteiger partial charge >= 0.3 is 30.3 Å². The Balaban J connectivity index is 0.000000376. The number of nitrogens with one attached hydrogen (secondary N) is 3. The number of aromatic hydroxyl groups is 2. The SMILES string of the molecule is CC(C)(C)OC(=O)NC1(C(=O)Nc2ccccc2O)CCN(C(=O)OC(C)(C)C)CC1.CC(C)(C)OC(=O)NC1(C(=O)O)CCN(C(=O)OC(C)(C)C)CC1.Nc1ccccc1O. The molecule has 352 valence electrons. The number of rotatable bonds is 5. The Hall–Kier alpha value is -6.14. The molecule has 5 amide bonds. The molecule has 4 rings (SSSR count). The number of para-hydroxylation sites is 4. The van der Waals surface area contributed by atoms with Crippen molar-refractivity contribution in [1.82, 2.24) is 20.4 Å². The van der Waals surface area contributed by atoms with Gasteiger partial charge in [-0.15, -0.1) is 0 Å². The molecule has 2 fully saturated rings. The summed E-state index contributed by atoms with van der Waals surface area (Å²) in [5, 5.41) is 36.2. The summed E-state index contributed by atoms with van der Waals surface area (Å²) in [6, 6.07) is 13.0. The molecule has 2 heterocycles. The zero-order valence-corrected chi connectivity index (χ0v) is 38.7. The third kappa shape index (κ3) is 18.4. The van der Waals surface area contributed by atoms with Crippen LogP contribution in [0.4, 0.5) is 30.6 Å². The van der Waals surface area contributed by atoms with E-state index < -0.39 is 69.7 Å². The van der Waals surface area contributed by atoms with E-state index in [2.05, 4.69) is 16.0 Å². The van der Waals surface area contributed by atoms with Gasteiger partial charge in [0.1, 0.15) is 45.0 Å². The number of alkyl carbamates (subject to hydrolysis) is 2. The number of carbonyl (C=O) groups excluding carboxylic acids is 5. The van der Waals surface area contributed by atoms with Crippen LogP contribution in [0.2, 0.25) is 0 Å². The van der Waals surface area contributed by atoms with Crippen LogP contribution in [0.25, 0.3) is 0 Å². The number of nitrogens with zero attached hydrogens (tertiary/aromatic N) is 2. The molecule has 0 radical (unpaired) electrons. The fourth-order valence-electron chi connectivity index (χ4n) is 5.90. The number of carboxylic acids is 1. The van der Waals surface area contributed by atoms with Crippen molar-refractivity contribution < 1.29 is 63.0 Å². The molecule has 0 bridgehead atoms. The molecule has 19 heteroatoms. The molecule has 0 unspecified atom stereocenters. The normalized spacial score (nSPS) is 15.9. The number of amides is 5. The maximum Gasteiger partial charge on any atom is 0.410 e. The van der Waals surface area contributed by atoms with E-state index in [1.165, 1.54) is 15.9 Å². The van der Waals surface area contributed by atoms with Crippen LogP contribution in [-0.2, 0) is 28.5 Å². The minimum absolute atomic E-state index is 0.0841. The number of carbonyl (C=O) groups is 6. The molecule has 2 aliphatic heterocycles. The Bertz CT molecular complexity index is 1870. The van der Waals surface area contributed by atoms with Gasteiger partial charge in [0, 0.05) is 26.2 Å². The summed E-state index contributed by atoms with van der Waals surface area (Å²) in [6.45, 7) is 21.7. The lowest BCUT2D eigenvalue weighted by atomic mass is 9.86. The number of nitrogen functional groups attached to an aromatic ring is 1. The molecular formula is C44H68N6O13. The average Bonchev–Trinajstić information content (AvgIpc) is 3.12. The number of piperidine rings is 2. The molecule has 0 atom stereocenters.